The standard InChI is InChI=1S/C17H22N2OS/c1-3-21-17-7-5-4-6-15(17)13(2)19-12-16(20)14-8-10-18-11-9-14/h4-11,13,16,19-20H,3,12H2,1-2H3. The van der Waals surface area contributed by atoms with E-state index < -0.39 is 6.10 Å². The third kappa shape index (κ3) is 4.56. The summed E-state index contributed by atoms with van der Waals surface area (Å²) in [6.07, 6.45) is 2.89. The molecule has 0 spiro atoms. The van der Waals surface area contributed by atoms with Crippen molar-refractivity contribution in [3.63, 3.8) is 0 Å². The molecule has 1 aromatic carbocycles. The molecule has 0 aliphatic carbocycles. The number of thioether (sulfide) groups is 1. The number of aliphatic hydroxyl groups is 1. The number of hydrogen-bond donors (Lipinski definition) is 2. The van der Waals surface area contributed by atoms with Gasteiger partial charge in [-0.15, -0.1) is 11.8 Å². The quantitative estimate of drug-likeness (QED) is 0.767. The zero-order valence-corrected chi connectivity index (χ0v) is 13.3. The monoisotopic (exact) mass is 302 g/mol. The van der Waals surface area contributed by atoms with Crippen molar-refractivity contribution in [3.8, 4) is 0 Å². The van der Waals surface area contributed by atoms with Crippen molar-refractivity contribution < 1.29 is 5.11 Å². The van der Waals surface area contributed by atoms with Crippen molar-refractivity contribution >= 4 is 11.8 Å². The molecule has 112 valence electrons. The average Bonchev–Trinajstić information content (AvgIpc) is 2.54. The molecule has 2 N–H and O–H groups in total. The summed E-state index contributed by atoms with van der Waals surface area (Å²) in [4.78, 5) is 5.27. The van der Waals surface area contributed by atoms with Gasteiger partial charge in [-0.2, -0.15) is 0 Å². The fraction of sp³-hybridized carbons (Fsp3) is 0.353. The van der Waals surface area contributed by atoms with Crippen LogP contribution in [-0.4, -0.2) is 22.4 Å². The second-order valence-corrected chi connectivity index (χ2v) is 6.20. The first-order chi connectivity index (χ1) is 10.2. The van der Waals surface area contributed by atoms with Crippen LogP contribution in [0.2, 0.25) is 0 Å². The summed E-state index contributed by atoms with van der Waals surface area (Å²) in [5.41, 5.74) is 2.17. The molecular weight excluding hydrogens is 280 g/mol. The van der Waals surface area contributed by atoms with Crippen LogP contribution < -0.4 is 5.32 Å². The van der Waals surface area contributed by atoms with Crippen LogP contribution in [0, 0.1) is 0 Å². The van der Waals surface area contributed by atoms with Gasteiger partial charge in [-0.3, -0.25) is 4.98 Å². The number of nitrogens with zero attached hydrogens (tertiary/aromatic N) is 1. The number of pyridine rings is 1. The summed E-state index contributed by atoms with van der Waals surface area (Å²) in [6.45, 7) is 4.82. The Morgan fingerprint density at radius 1 is 1.19 bits per heavy atom. The smallest absolute Gasteiger partial charge is 0.0915 e. The van der Waals surface area contributed by atoms with Gasteiger partial charge in [0.25, 0.3) is 0 Å². The van der Waals surface area contributed by atoms with E-state index in [1.807, 2.05) is 23.9 Å². The molecule has 0 aliphatic heterocycles. The first kappa shape index (κ1) is 16.0. The molecule has 1 aromatic heterocycles. The topological polar surface area (TPSA) is 45.1 Å². The molecule has 0 saturated carbocycles. The van der Waals surface area contributed by atoms with E-state index in [9.17, 15) is 5.11 Å². The van der Waals surface area contributed by atoms with Gasteiger partial charge in [0.2, 0.25) is 0 Å². The van der Waals surface area contributed by atoms with Crippen LogP contribution >= 0.6 is 11.8 Å². The number of hydrogen-bond acceptors (Lipinski definition) is 4. The molecule has 4 heteroatoms. The second-order valence-electron chi connectivity index (χ2n) is 4.90. The Bertz CT molecular complexity index is 547. The molecule has 0 bridgehead atoms. The van der Waals surface area contributed by atoms with Crippen molar-refractivity contribution in [2.24, 2.45) is 0 Å². The first-order valence-electron chi connectivity index (χ1n) is 7.25. The van der Waals surface area contributed by atoms with Gasteiger partial charge in [0, 0.05) is 29.9 Å². The summed E-state index contributed by atoms with van der Waals surface area (Å²) in [6, 6.07) is 12.3. The normalized spacial score (nSPS) is 13.9. The molecule has 2 rings (SSSR count). The number of aliphatic hydroxyl groups excluding tert-OH is 1. The summed E-state index contributed by atoms with van der Waals surface area (Å²) >= 11 is 1.85. The Morgan fingerprint density at radius 2 is 1.90 bits per heavy atom. The molecule has 2 unspecified atom stereocenters. The molecule has 0 saturated heterocycles. The molecular formula is C17H22N2OS. The Hall–Kier alpha value is -1.36. The number of rotatable bonds is 7. The first-order valence-corrected chi connectivity index (χ1v) is 8.24. The van der Waals surface area contributed by atoms with Crippen molar-refractivity contribution in [2.75, 3.05) is 12.3 Å². The van der Waals surface area contributed by atoms with Gasteiger partial charge < -0.3 is 10.4 Å². The Kier molecular flexibility index (Phi) is 6.23. The van der Waals surface area contributed by atoms with E-state index in [1.165, 1.54) is 10.5 Å². The number of benzene rings is 1. The maximum absolute atomic E-state index is 10.2. The van der Waals surface area contributed by atoms with Gasteiger partial charge in [-0.25, -0.2) is 0 Å². The lowest BCUT2D eigenvalue weighted by atomic mass is 10.1. The highest BCUT2D eigenvalue weighted by Crippen LogP contribution is 2.27. The molecule has 21 heavy (non-hydrogen) atoms. The van der Waals surface area contributed by atoms with E-state index in [4.69, 9.17) is 0 Å². The van der Waals surface area contributed by atoms with Crippen LogP contribution in [0.5, 0.6) is 0 Å². The predicted octanol–water partition coefficient (Wildman–Crippen LogP) is 3.58. The SMILES string of the molecule is CCSc1ccccc1C(C)NCC(O)c1ccncc1. The Balaban J connectivity index is 1.97. The molecule has 0 aliphatic rings. The van der Waals surface area contributed by atoms with Gasteiger partial charge in [-0.1, -0.05) is 25.1 Å². The highest BCUT2D eigenvalue weighted by Gasteiger charge is 2.13. The van der Waals surface area contributed by atoms with Crippen LogP contribution in [-0.2, 0) is 0 Å². The zero-order valence-electron chi connectivity index (χ0n) is 12.5. The van der Waals surface area contributed by atoms with Crippen LogP contribution in [0.1, 0.15) is 37.1 Å². The van der Waals surface area contributed by atoms with Crippen molar-refractivity contribution in [1.82, 2.24) is 10.3 Å². The Morgan fingerprint density at radius 3 is 2.62 bits per heavy atom. The maximum Gasteiger partial charge on any atom is 0.0915 e. The number of nitrogens with one attached hydrogen (secondary N) is 1. The van der Waals surface area contributed by atoms with Gasteiger partial charge in [0.15, 0.2) is 0 Å². The van der Waals surface area contributed by atoms with Crippen LogP contribution in [0.4, 0.5) is 0 Å². The minimum atomic E-state index is -0.513. The summed E-state index contributed by atoms with van der Waals surface area (Å²) in [5.74, 6) is 1.06. The van der Waals surface area contributed by atoms with Crippen molar-refractivity contribution in [2.45, 2.75) is 30.9 Å². The molecule has 2 atom stereocenters. The van der Waals surface area contributed by atoms with Crippen LogP contribution in [0.15, 0.2) is 53.7 Å². The lowest BCUT2D eigenvalue weighted by Crippen LogP contribution is -2.25. The third-order valence-corrected chi connectivity index (χ3v) is 4.37. The van der Waals surface area contributed by atoms with Crippen molar-refractivity contribution in [3.05, 3.63) is 59.9 Å². The fourth-order valence-electron chi connectivity index (χ4n) is 2.23. The van der Waals surface area contributed by atoms with E-state index in [1.54, 1.807) is 12.4 Å². The summed E-state index contributed by atoms with van der Waals surface area (Å²) in [7, 11) is 0. The highest BCUT2D eigenvalue weighted by molar-refractivity contribution is 7.99. The van der Waals surface area contributed by atoms with E-state index in [0.717, 1.165) is 11.3 Å². The van der Waals surface area contributed by atoms with Gasteiger partial charge in [0.05, 0.1) is 6.10 Å². The third-order valence-electron chi connectivity index (χ3n) is 3.39. The van der Waals surface area contributed by atoms with Gasteiger partial charge >= 0.3 is 0 Å². The lowest BCUT2D eigenvalue weighted by molar-refractivity contribution is 0.170. The zero-order chi connectivity index (χ0) is 15.1. The second kappa shape index (κ2) is 8.17. The molecule has 0 fully saturated rings. The van der Waals surface area contributed by atoms with Crippen LogP contribution in [0.3, 0.4) is 0 Å². The maximum atomic E-state index is 10.2. The molecule has 3 nitrogen and oxygen atoms in total. The molecule has 0 radical (unpaired) electrons. The minimum absolute atomic E-state index is 0.205. The van der Waals surface area contributed by atoms with E-state index in [2.05, 4.69) is 48.4 Å². The highest BCUT2D eigenvalue weighted by atomic mass is 32.2. The minimum Gasteiger partial charge on any atom is -0.387 e. The Labute approximate surface area is 130 Å². The molecule has 1 heterocycles. The molecule has 2 aromatic rings. The lowest BCUT2D eigenvalue weighted by Gasteiger charge is -2.20. The van der Waals surface area contributed by atoms with Crippen LogP contribution in [0.25, 0.3) is 0 Å². The van der Waals surface area contributed by atoms with E-state index in [0.29, 0.717) is 6.54 Å². The predicted molar refractivity (Wildman–Crippen MR) is 88.5 cm³/mol. The van der Waals surface area contributed by atoms with Crippen molar-refractivity contribution in [1.29, 1.82) is 0 Å². The summed E-state index contributed by atoms with van der Waals surface area (Å²) in [5, 5.41) is 13.6. The van der Waals surface area contributed by atoms with E-state index >= 15 is 0 Å². The molecule has 0 amide bonds. The fourth-order valence-corrected chi connectivity index (χ4v) is 3.12. The number of aromatic nitrogens is 1. The largest absolute Gasteiger partial charge is 0.387 e. The van der Waals surface area contributed by atoms with Gasteiger partial charge in [0.1, 0.15) is 0 Å². The van der Waals surface area contributed by atoms with Gasteiger partial charge in [-0.05, 0) is 42.0 Å². The average molecular weight is 302 g/mol. The summed E-state index contributed by atoms with van der Waals surface area (Å²) < 4.78 is 0. The van der Waals surface area contributed by atoms with E-state index in [-0.39, 0.29) is 6.04 Å².